The molecule has 0 saturated carbocycles. The van der Waals surface area contributed by atoms with E-state index < -0.39 is 0 Å². The number of rotatable bonds is 6. The maximum Gasteiger partial charge on any atom is 0.147 e. The second kappa shape index (κ2) is 6.89. The van der Waals surface area contributed by atoms with Gasteiger partial charge >= 0.3 is 0 Å². The van der Waals surface area contributed by atoms with Gasteiger partial charge in [0.25, 0.3) is 0 Å². The quantitative estimate of drug-likeness (QED) is 0.345. The van der Waals surface area contributed by atoms with Crippen LogP contribution in [-0.2, 0) is 4.79 Å². The minimum absolute atomic E-state index is 0.897. The van der Waals surface area contributed by atoms with Gasteiger partial charge in [-0.15, -0.1) is 0 Å². The van der Waals surface area contributed by atoms with Crippen LogP contribution in [0, 0.1) is 0 Å². The molecule has 0 aromatic carbocycles. The van der Waals surface area contributed by atoms with Crippen LogP contribution in [0.2, 0.25) is 0 Å². The van der Waals surface area contributed by atoms with Crippen molar-refractivity contribution in [1.29, 1.82) is 0 Å². The first-order valence-corrected chi connectivity index (χ1v) is 4.53. The van der Waals surface area contributed by atoms with Gasteiger partial charge in [-0.3, -0.25) is 4.79 Å². The van der Waals surface area contributed by atoms with Crippen molar-refractivity contribution < 1.29 is 4.79 Å². The van der Waals surface area contributed by atoms with Crippen LogP contribution in [0.1, 0.15) is 32.6 Å². The van der Waals surface area contributed by atoms with Crippen molar-refractivity contribution in [3.63, 3.8) is 0 Å². The van der Waals surface area contributed by atoms with E-state index in [2.05, 4.69) is 6.92 Å². The molecule has 0 fully saturated rings. The van der Waals surface area contributed by atoms with E-state index in [4.69, 9.17) is 0 Å². The lowest BCUT2D eigenvalue weighted by Gasteiger charge is -2.06. The molecule has 0 amide bonds. The second-order valence-corrected chi connectivity index (χ2v) is 3.24. The minimum atomic E-state index is 0.897. The topological polar surface area (TPSA) is 20.3 Å². The average molecular weight is 169 g/mol. The lowest BCUT2D eigenvalue weighted by Crippen LogP contribution is -2.03. The van der Waals surface area contributed by atoms with Crippen molar-refractivity contribution in [2.45, 2.75) is 32.6 Å². The minimum Gasteiger partial charge on any atom is -0.383 e. The summed E-state index contributed by atoms with van der Waals surface area (Å²) in [4.78, 5) is 12.5. The number of hydrogen-bond acceptors (Lipinski definition) is 2. The highest BCUT2D eigenvalue weighted by atomic mass is 16.1. The highest BCUT2D eigenvalue weighted by molar-refractivity contribution is 5.72. The molecule has 0 rings (SSSR count). The average Bonchev–Trinajstić information content (AvgIpc) is 2.02. The molecule has 2 heteroatoms. The second-order valence-electron chi connectivity index (χ2n) is 3.24. The van der Waals surface area contributed by atoms with Crippen molar-refractivity contribution in [3.8, 4) is 0 Å². The Kier molecular flexibility index (Phi) is 6.44. The van der Waals surface area contributed by atoms with Gasteiger partial charge in [0.2, 0.25) is 0 Å². The molecule has 0 radical (unpaired) electrons. The predicted octanol–water partition coefficient (Wildman–Crippen LogP) is 2.21. The maximum absolute atomic E-state index is 10.5. The van der Waals surface area contributed by atoms with Crippen molar-refractivity contribution in [3.05, 3.63) is 11.8 Å². The molecule has 0 heterocycles. The van der Waals surface area contributed by atoms with Crippen molar-refractivity contribution in [2.24, 2.45) is 0 Å². The lowest BCUT2D eigenvalue weighted by atomic mass is 10.1. The SMILES string of the molecule is CCCCC/C(C=O)=C/N(C)C. The Morgan fingerprint density at radius 1 is 1.33 bits per heavy atom. The fourth-order valence-corrected chi connectivity index (χ4v) is 1.06. The maximum atomic E-state index is 10.5. The molecule has 2 nitrogen and oxygen atoms in total. The summed E-state index contributed by atoms with van der Waals surface area (Å²) in [7, 11) is 3.87. The van der Waals surface area contributed by atoms with E-state index in [1.807, 2.05) is 25.2 Å². The summed E-state index contributed by atoms with van der Waals surface area (Å²) in [6.07, 6.45) is 7.29. The molecule has 0 unspecified atom stereocenters. The van der Waals surface area contributed by atoms with E-state index in [0.29, 0.717) is 0 Å². The Morgan fingerprint density at radius 3 is 2.42 bits per heavy atom. The summed E-state index contributed by atoms with van der Waals surface area (Å²) in [5.74, 6) is 0. The molecule has 0 atom stereocenters. The molecule has 0 aliphatic rings. The first-order chi connectivity index (χ1) is 5.70. The molecular weight excluding hydrogens is 150 g/mol. The Bertz CT molecular complexity index is 150. The molecule has 0 saturated heterocycles. The van der Waals surface area contributed by atoms with Gasteiger partial charge in [0.15, 0.2) is 0 Å². The third-order valence-electron chi connectivity index (χ3n) is 1.64. The molecule has 0 aromatic heterocycles. The van der Waals surface area contributed by atoms with Crippen LogP contribution in [-0.4, -0.2) is 25.3 Å². The van der Waals surface area contributed by atoms with Gasteiger partial charge in [0.05, 0.1) is 0 Å². The zero-order valence-electron chi connectivity index (χ0n) is 8.34. The number of carbonyl (C=O) groups excluding carboxylic acids is 1. The molecule has 0 spiro atoms. The van der Waals surface area contributed by atoms with Gasteiger partial charge in [0.1, 0.15) is 6.29 Å². The Hall–Kier alpha value is -0.790. The first kappa shape index (κ1) is 11.2. The molecule has 0 aromatic rings. The molecule has 70 valence electrons. The summed E-state index contributed by atoms with van der Waals surface area (Å²) in [5.41, 5.74) is 0.897. The van der Waals surface area contributed by atoms with E-state index in [9.17, 15) is 4.79 Å². The number of carbonyl (C=O) groups is 1. The molecule has 0 bridgehead atoms. The molecule has 12 heavy (non-hydrogen) atoms. The molecular formula is C10H19NO. The largest absolute Gasteiger partial charge is 0.383 e. The Morgan fingerprint density at radius 2 is 2.00 bits per heavy atom. The third kappa shape index (κ3) is 5.96. The summed E-state index contributed by atoms with van der Waals surface area (Å²) >= 11 is 0. The zero-order chi connectivity index (χ0) is 9.40. The van der Waals surface area contributed by atoms with Gasteiger partial charge < -0.3 is 4.90 Å². The third-order valence-corrected chi connectivity index (χ3v) is 1.64. The number of allylic oxidation sites excluding steroid dienone is 1. The van der Waals surface area contributed by atoms with Gasteiger partial charge in [0, 0.05) is 25.9 Å². The van der Waals surface area contributed by atoms with E-state index in [0.717, 1.165) is 24.7 Å². The van der Waals surface area contributed by atoms with Crippen LogP contribution < -0.4 is 0 Å². The van der Waals surface area contributed by atoms with E-state index in [1.165, 1.54) is 12.8 Å². The lowest BCUT2D eigenvalue weighted by molar-refractivity contribution is -0.105. The first-order valence-electron chi connectivity index (χ1n) is 4.53. The van der Waals surface area contributed by atoms with Crippen LogP contribution in [0.5, 0.6) is 0 Å². The number of hydrogen-bond donors (Lipinski definition) is 0. The standard InChI is InChI=1S/C10H19NO/c1-4-5-6-7-10(9-12)8-11(2)3/h8-9H,4-7H2,1-3H3/b10-8-. The summed E-state index contributed by atoms with van der Waals surface area (Å²) in [5, 5.41) is 0. The summed E-state index contributed by atoms with van der Waals surface area (Å²) < 4.78 is 0. The molecule has 0 aliphatic carbocycles. The van der Waals surface area contributed by atoms with Gasteiger partial charge in [-0.05, 0) is 12.8 Å². The zero-order valence-corrected chi connectivity index (χ0v) is 8.34. The van der Waals surface area contributed by atoms with Crippen LogP contribution in [0.4, 0.5) is 0 Å². The van der Waals surface area contributed by atoms with Crippen LogP contribution in [0.15, 0.2) is 11.8 Å². The smallest absolute Gasteiger partial charge is 0.147 e. The Labute approximate surface area is 75.3 Å². The monoisotopic (exact) mass is 169 g/mol. The summed E-state index contributed by atoms with van der Waals surface area (Å²) in [6.45, 7) is 2.16. The van der Waals surface area contributed by atoms with E-state index in [1.54, 1.807) is 0 Å². The Balaban J connectivity index is 3.75. The molecule has 0 aliphatic heterocycles. The van der Waals surface area contributed by atoms with Gasteiger partial charge in [-0.25, -0.2) is 0 Å². The van der Waals surface area contributed by atoms with Crippen molar-refractivity contribution >= 4 is 6.29 Å². The fourth-order valence-electron chi connectivity index (χ4n) is 1.06. The van der Waals surface area contributed by atoms with Gasteiger partial charge in [-0.1, -0.05) is 19.8 Å². The van der Waals surface area contributed by atoms with Crippen LogP contribution in [0.25, 0.3) is 0 Å². The predicted molar refractivity (Wildman–Crippen MR) is 52.0 cm³/mol. The van der Waals surface area contributed by atoms with E-state index >= 15 is 0 Å². The van der Waals surface area contributed by atoms with E-state index in [-0.39, 0.29) is 0 Å². The van der Waals surface area contributed by atoms with Gasteiger partial charge in [-0.2, -0.15) is 0 Å². The van der Waals surface area contributed by atoms with Crippen LogP contribution in [0.3, 0.4) is 0 Å². The molecule has 0 N–H and O–H groups in total. The number of unbranched alkanes of at least 4 members (excludes halogenated alkanes) is 2. The summed E-state index contributed by atoms with van der Waals surface area (Å²) in [6, 6.07) is 0. The number of nitrogens with zero attached hydrogens (tertiary/aromatic N) is 1. The normalized spacial score (nSPS) is 11.4. The van der Waals surface area contributed by atoms with Crippen molar-refractivity contribution in [1.82, 2.24) is 4.90 Å². The fraction of sp³-hybridized carbons (Fsp3) is 0.700. The van der Waals surface area contributed by atoms with Crippen LogP contribution >= 0.6 is 0 Å². The highest BCUT2D eigenvalue weighted by Gasteiger charge is 1.95. The van der Waals surface area contributed by atoms with Crippen molar-refractivity contribution in [2.75, 3.05) is 14.1 Å². The number of aldehydes is 1. The highest BCUT2D eigenvalue weighted by Crippen LogP contribution is 2.06.